The molecule has 2 aromatic rings. The minimum absolute atomic E-state index is 0.0990. The van der Waals surface area contributed by atoms with Crippen molar-refractivity contribution in [2.24, 2.45) is 0 Å². The second kappa shape index (κ2) is 6.40. The zero-order valence-electron chi connectivity index (χ0n) is 14.1. The fraction of sp³-hybridized carbons (Fsp3) is 0.250. The minimum Gasteiger partial charge on any atom is -0.454 e. The number of amides is 1. The second-order valence-electron chi connectivity index (χ2n) is 6.76. The highest BCUT2D eigenvalue weighted by molar-refractivity contribution is 6.01. The summed E-state index contributed by atoms with van der Waals surface area (Å²) in [4.78, 5) is 12.0. The molecule has 3 rings (SSSR count). The topological polar surface area (TPSA) is 47.6 Å². The van der Waals surface area contributed by atoms with Crippen molar-refractivity contribution < 1.29 is 14.3 Å². The first-order valence-corrected chi connectivity index (χ1v) is 7.91. The van der Waals surface area contributed by atoms with Crippen LogP contribution in [0.3, 0.4) is 0 Å². The lowest BCUT2D eigenvalue weighted by atomic mass is 9.87. The van der Waals surface area contributed by atoms with Gasteiger partial charge in [-0.3, -0.25) is 4.79 Å². The number of carbonyl (C=O) groups excluding carboxylic acids is 1. The Morgan fingerprint density at radius 1 is 1.04 bits per heavy atom. The van der Waals surface area contributed by atoms with Crippen molar-refractivity contribution in [3.05, 3.63) is 59.7 Å². The quantitative estimate of drug-likeness (QED) is 0.854. The molecule has 4 nitrogen and oxygen atoms in total. The molecule has 1 amide bonds. The number of ether oxygens (including phenoxy) is 2. The molecule has 0 saturated carbocycles. The summed E-state index contributed by atoms with van der Waals surface area (Å²) in [5, 5.41) is 2.86. The molecule has 1 aliphatic rings. The van der Waals surface area contributed by atoms with Gasteiger partial charge in [0.05, 0.1) is 0 Å². The summed E-state index contributed by atoms with van der Waals surface area (Å²) < 4.78 is 10.6. The van der Waals surface area contributed by atoms with Crippen LogP contribution >= 0.6 is 0 Å². The van der Waals surface area contributed by atoms with Gasteiger partial charge >= 0.3 is 0 Å². The smallest absolute Gasteiger partial charge is 0.248 e. The van der Waals surface area contributed by atoms with Gasteiger partial charge in [0.1, 0.15) is 0 Å². The van der Waals surface area contributed by atoms with Gasteiger partial charge in [-0.15, -0.1) is 0 Å². The van der Waals surface area contributed by atoms with E-state index in [-0.39, 0.29) is 18.1 Å². The number of hydrogen-bond donors (Lipinski definition) is 1. The SMILES string of the molecule is CC(C)(C)c1ccc(NC(=O)C=Cc2ccc3c(c2)OCO3)cc1. The summed E-state index contributed by atoms with van der Waals surface area (Å²) in [6.45, 7) is 6.73. The van der Waals surface area contributed by atoms with E-state index >= 15 is 0 Å². The number of nitrogens with one attached hydrogen (secondary N) is 1. The largest absolute Gasteiger partial charge is 0.454 e. The second-order valence-corrected chi connectivity index (χ2v) is 6.76. The summed E-state index contributed by atoms with van der Waals surface area (Å²) in [6.07, 6.45) is 3.26. The van der Waals surface area contributed by atoms with E-state index in [9.17, 15) is 4.79 Å². The first-order chi connectivity index (χ1) is 11.4. The third-order valence-electron chi connectivity index (χ3n) is 3.84. The Balaban J connectivity index is 1.63. The van der Waals surface area contributed by atoms with Gasteiger partial charge in [-0.25, -0.2) is 0 Å². The highest BCUT2D eigenvalue weighted by atomic mass is 16.7. The number of anilines is 1. The van der Waals surface area contributed by atoms with Crippen molar-refractivity contribution in [1.82, 2.24) is 0 Å². The molecule has 1 N–H and O–H groups in total. The Morgan fingerprint density at radius 2 is 1.75 bits per heavy atom. The number of benzene rings is 2. The Morgan fingerprint density at radius 3 is 2.46 bits per heavy atom. The van der Waals surface area contributed by atoms with Crippen molar-refractivity contribution in [3.8, 4) is 11.5 Å². The lowest BCUT2D eigenvalue weighted by Gasteiger charge is -2.19. The molecule has 2 aromatic carbocycles. The van der Waals surface area contributed by atoms with Crippen LogP contribution in [-0.2, 0) is 10.2 Å². The van der Waals surface area contributed by atoms with E-state index in [2.05, 4.69) is 26.1 Å². The predicted molar refractivity (Wildman–Crippen MR) is 95.4 cm³/mol. The Hall–Kier alpha value is -2.75. The third kappa shape index (κ3) is 3.77. The number of carbonyl (C=O) groups is 1. The summed E-state index contributed by atoms with van der Waals surface area (Å²) in [6, 6.07) is 13.5. The molecule has 1 heterocycles. The zero-order chi connectivity index (χ0) is 17.2. The standard InChI is InChI=1S/C20H21NO3/c1-20(2,3)15-6-8-16(9-7-15)21-19(22)11-5-14-4-10-17-18(12-14)24-13-23-17/h4-12H,13H2,1-3H3,(H,21,22). The van der Waals surface area contributed by atoms with Crippen LogP contribution in [-0.4, -0.2) is 12.7 Å². The van der Waals surface area contributed by atoms with Gasteiger partial charge in [-0.05, 0) is 46.9 Å². The van der Waals surface area contributed by atoms with Gasteiger partial charge in [0.25, 0.3) is 0 Å². The molecule has 4 heteroatoms. The first-order valence-electron chi connectivity index (χ1n) is 7.91. The molecular formula is C20H21NO3. The maximum Gasteiger partial charge on any atom is 0.248 e. The number of rotatable bonds is 3. The normalized spacial score (nSPS) is 13.3. The average molecular weight is 323 g/mol. The van der Waals surface area contributed by atoms with Crippen LogP contribution in [0.2, 0.25) is 0 Å². The highest BCUT2D eigenvalue weighted by Gasteiger charge is 2.13. The minimum atomic E-state index is -0.170. The van der Waals surface area contributed by atoms with Crippen LogP contribution in [0.25, 0.3) is 6.08 Å². The van der Waals surface area contributed by atoms with Crippen LogP contribution in [0.1, 0.15) is 31.9 Å². The number of hydrogen-bond acceptors (Lipinski definition) is 3. The van der Waals surface area contributed by atoms with Crippen molar-refractivity contribution in [2.45, 2.75) is 26.2 Å². The molecule has 0 unspecified atom stereocenters. The van der Waals surface area contributed by atoms with E-state index < -0.39 is 0 Å². The van der Waals surface area contributed by atoms with Crippen molar-refractivity contribution >= 4 is 17.7 Å². The average Bonchev–Trinajstić information content (AvgIpc) is 3.00. The third-order valence-corrected chi connectivity index (χ3v) is 3.84. The highest BCUT2D eigenvalue weighted by Crippen LogP contribution is 2.32. The monoisotopic (exact) mass is 323 g/mol. The molecule has 0 aromatic heterocycles. The molecular weight excluding hydrogens is 302 g/mol. The van der Waals surface area contributed by atoms with E-state index in [1.807, 2.05) is 42.5 Å². The molecule has 1 aliphatic heterocycles. The Bertz CT molecular complexity index is 770. The van der Waals surface area contributed by atoms with Gasteiger partial charge in [-0.2, -0.15) is 0 Å². The van der Waals surface area contributed by atoms with Gasteiger partial charge in [0.15, 0.2) is 11.5 Å². The van der Waals surface area contributed by atoms with E-state index in [1.165, 1.54) is 11.6 Å². The molecule has 0 radical (unpaired) electrons. The summed E-state index contributed by atoms with van der Waals surface area (Å²) in [7, 11) is 0. The molecule has 0 saturated heterocycles. The van der Waals surface area contributed by atoms with Crippen LogP contribution in [0, 0.1) is 0 Å². The lowest BCUT2D eigenvalue weighted by molar-refractivity contribution is -0.111. The fourth-order valence-corrected chi connectivity index (χ4v) is 2.43. The lowest BCUT2D eigenvalue weighted by Crippen LogP contribution is -2.12. The number of fused-ring (bicyclic) bond motifs is 1. The van der Waals surface area contributed by atoms with E-state index in [1.54, 1.807) is 6.08 Å². The van der Waals surface area contributed by atoms with E-state index in [4.69, 9.17) is 9.47 Å². The summed E-state index contributed by atoms with van der Waals surface area (Å²) in [5.74, 6) is 1.27. The molecule has 0 fully saturated rings. The van der Waals surface area contributed by atoms with Crippen LogP contribution in [0.4, 0.5) is 5.69 Å². The molecule has 0 bridgehead atoms. The van der Waals surface area contributed by atoms with Gasteiger partial charge < -0.3 is 14.8 Å². The molecule has 0 spiro atoms. The first kappa shape index (κ1) is 16.1. The van der Waals surface area contributed by atoms with Gasteiger partial charge in [-0.1, -0.05) is 39.0 Å². The zero-order valence-corrected chi connectivity index (χ0v) is 14.1. The maximum atomic E-state index is 12.0. The molecule has 24 heavy (non-hydrogen) atoms. The fourth-order valence-electron chi connectivity index (χ4n) is 2.43. The van der Waals surface area contributed by atoms with Crippen molar-refractivity contribution in [1.29, 1.82) is 0 Å². The summed E-state index contributed by atoms with van der Waals surface area (Å²) in [5.41, 5.74) is 3.00. The molecule has 0 aliphatic carbocycles. The molecule has 124 valence electrons. The summed E-state index contributed by atoms with van der Waals surface area (Å²) >= 11 is 0. The van der Waals surface area contributed by atoms with Crippen LogP contribution in [0.5, 0.6) is 11.5 Å². The van der Waals surface area contributed by atoms with Crippen LogP contribution in [0.15, 0.2) is 48.5 Å². The molecule has 0 atom stereocenters. The Kier molecular flexibility index (Phi) is 4.30. The van der Waals surface area contributed by atoms with E-state index in [0.29, 0.717) is 5.75 Å². The Labute approximate surface area is 142 Å². The van der Waals surface area contributed by atoms with Gasteiger partial charge in [0, 0.05) is 11.8 Å². The predicted octanol–water partition coefficient (Wildman–Crippen LogP) is 4.36. The van der Waals surface area contributed by atoms with Crippen molar-refractivity contribution in [3.63, 3.8) is 0 Å². The van der Waals surface area contributed by atoms with Gasteiger partial charge in [0.2, 0.25) is 12.7 Å². The van der Waals surface area contributed by atoms with E-state index in [0.717, 1.165) is 17.0 Å². The van der Waals surface area contributed by atoms with Crippen LogP contribution < -0.4 is 14.8 Å². The maximum absolute atomic E-state index is 12.0. The van der Waals surface area contributed by atoms with Crippen molar-refractivity contribution in [2.75, 3.05) is 12.1 Å².